The maximum absolute atomic E-state index is 12.9. The minimum atomic E-state index is -0.456. The van der Waals surface area contributed by atoms with Crippen LogP contribution in [0.3, 0.4) is 0 Å². The average Bonchev–Trinajstić information content (AvgIpc) is 3.17. The third-order valence-electron chi connectivity index (χ3n) is 5.42. The number of hydrogen-bond acceptors (Lipinski definition) is 3. The van der Waals surface area contributed by atoms with Crippen LogP contribution in [0.5, 0.6) is 0 Å². The lowest BCUT2D eigenvalue weighted by atomic mass is 9.98. The maximum atomic E-state index is 12.9. The molecule has 2 N–H and O–H groups in total. The molecular formula is C25H24N2O2S. The Labute approximate surface area is 179 Å². The van der Waals surface area contributed by atoms with Gasteiger partial charge in [-0.3, -0.25) is 9.59 Å². The van der Waals surface area contributed by atoms with Gasteiger partial charge in [-0.1, -0.05) is 67.6 Å². The normalized spacial score (nSPS) is 13.1. The molecule has 2 atom stereocenters. The number of thiophene rings is 1. The van der Waals surface area contributed by atoms with Crippen molar-refractivity contribution in [1.29, 1.82) is 0 Å². The first kappa shape index (κ1) is 20.1. The summed E-state index contributed by atoms with van der Waals surface area (Å²) in [7, 11) is 0. The second-order valence-corrected chi connectivity index (χ2v) is 8.46. The van der Waals surface area contributed by atoms with Crippen molar-refractivity contribution in [2.75, 3.05) is 0 Å². The van der Waals surface area contributed by atoms with E-state index in [0.717, 1.165) is 16.3 Å². The van der Waals surface area contributed by atoms with Crippen LogP contribution in [-0.4, -0.2) is 18.5 Å². The quantitative estimate of drug-likeness (QED) is 0.324. The van der Waals surface area contributed by atoms with Crippen LogP contribution in [0.15, 0.2) is 72.1 Å². The van der Waals surface area contributed by atoms with E-state index < -0.39 is 6.17 Å². The Kier molecular flexibility index (Phi) is 6.10. The molecule has 0 aliphatic carbocycles. The van der Waals surface area contributed by atoms with Gasteiger partial charge in [-0.15, -0.1) is 11.3 Å². The van der Waals surface area contributed by atoms with E-state index in [2.05, 4.69) is 46.3 Å². The summed E-state index contributed by atoms with van der Waals surface area (Å²) in [6, 6.07) is 22.5. The molecule has 3 aromatic carbocycles. The summed E-state index contributed by atoms with van der Waals surface area (Å²) in [5, 5.41) is 11.4. The predicted molar refractivity (Wildman–Crippen MR) is 123 cm³/mol. The highest BCUT2D eigenvalue weighted by Crippen LogP contribution is 2.27. The van der Waals surface area contributed by atoms with Crippen molar-refractivity contribution in [2.45, 2.75) is 25.9 Å². The molecular weight excluding hydrogens is 392 g/mol. The Morgan fingerprint density at radius 3 is 2.50 bits per heavy atom. The molecule has 0 aliphatic heterocycles. The largest absolute Gasteiger partial charge is 0.338 e. The van der Waals surface area contributed by atoms with Gasteiger partial charge < -0.3 is 10.6 Å². The summed E-state index contributed by atoms with van der Waals surface area (Å²) in [5.74, 6) is -0.267. The van der Waals surface area contributed by atoms with Crippen LogP contribution in [0.4, 0.5) is 0 Å². The zero-order valence-electron chi connectivity index (χ0n) is 16.8. The molecule has 4 aromatic rings. The molecule has 1 aromatic heterocycles. The van der Waals surface area contributed by atoms with Gasteiger partial charge in [-0.2, -0.15) is 0 Å². The Balaban J connectivity index is 1.47. The van der Waals surface area contributed by atoms with E-state index >= 15 is 0 Å². The molecule has 5 heteroatoms. The van der Waals surface area contributed by atoms with E-state index in [-0.39, 0.29) is 11.8 Å². The first-order valence-electron chi connectivity index (χ1n) is 10.1. The zero-order valence-corrected chi connectivity index (χ0v) is 17.6. The summed E-state index contributed by atoms with van der Waals surface area (Å²) in [6.45, 7) is 1.93. The van der Waals surface area contributed by atoms with Gasteiger partial charge in [0.15, 0.2) is 0 Å². The van der Waals surface area contributed by atoms with E-state index in [1.807, 2.05) is 43.3 Å². The van der Waals surface area contributed by atoms with Gasteiger partial charge >= 0.3 is 0 Å². The van der Waals surface area contributed by atoms with Crippen LogP contribution < -0.4 is 10.6 Å². The molecule has 0 bridgehead atoms. The number of amides is 2. The van der Waals surface area contributed by atoms with Crippen molar-refractivity contribution in [3.8, 4) is 0 Å². The van der Waals surface area contributed by atoms with Crippen LogP contribution in [0.1, 0.15) is 18.1 Å². The summed E-state index contributed by atoms with van der Waals surface area (Å²) >= 11 is 1.70. The van der Waals surface area contributed by atoms with E-state index in [1.54, 1.807) is 11.3 Å². The highest BCUT2D eigenvalue weighted by molar-refractivity contribution is 7.17. The third-order valence-corrected chi connectivity index (χ3v) is 6.44. The highest BCUT2D eigenvalue weighted by atomic mass is 32.1. The van der Waals surface area contributed by atoms with E-state index in [1.165, 1.54) is 15.6 Å². The lowest BCUT2D eigenvalue weighted by molar-refractivity contribution is -0.125. The van der Waals surface area contributed by atoms with E-state index in [0.29, 0.717) is 19.3 Å². The van der Waals surface area contributed by atoms with Gasteiger partial charge in [0.25, 0.3) is 0 Å². The van der Waals surface area contributed by atoms with Gasteiger partial charge in [0.05, 0.1) is 0 Å². The molecule has 0 radical (unpaired) electrons. The van der Waals surface area contributed by atoms with Crippen LogP contribution in [-0.2, 0) is 22.4 Å². The summed E-state index contributed by atoms with van der Waals surface area (Å²) in [5.41, 5.74) is 2.27. The fourth-order valence-electron chi connectivity index (χ4n) is 3.85. The number of fused-ring (bicyclic) bond motifs is 2. The predicted octanol–water partition coefficient (Wildman–Crippen LogP) is 4.66. The summed E-state index contributed by atoms with van der Waals surface area (Å²) < 4.78 is 1.23. The summed E-state index contributed by atoms with van der Waals surface area (Å²) in [4.78, 5) is 24.0. The topological polar surface area (TPSA) is 58.2 Å². The van der Waals surface area contributed by atoms with Crippen molar-refractivity contribution < 1.29 is 9.59 Å². The molecule has 0 aliphatic rings. The number of carbonyl (C=O) groups excluding carboxylic acids is 2. The Hall–Kier alpha value is -3.18. The number of nitrogens with one attached hydrogen (secondary N) is 2. The minimum Gasteiger partial charge on any atom is -0.338 e. The second-order valence-electron chi connectivity index (χ2n) is 7.55. The molecule has 0 spiro atoms. The fourth-order valence-corrected chi connectivity index (χ4v) is 4.83. The Morgan fingerprint density at radius 1 is 0.933 bits per heavy atom. The van der Waals surface area contributed by atoms with Crippen LogP contribution >= 0.6 is 11.3 Å². The lowest BCUT2D eigenvalue weighted by Crippen LogP contribution is -2.48. The molecule has 0 saturated heterocycles. The van der Waals surface area contributed by atoms with Gasteiger partial charge in [0, 0.05) is 17.0 Å². The average molecular weight is 417 g/mol. The van der Waals surface area contributed by atoms with Gasteiger partial charge in [0.1, 0.15) is 6.17 Å². The monoisotopic (exact) mass is 416 g/mol. The lowest BCUT2D eigenvalue weighted by Gasteiger charge is -2.21. The Morgan fingerprint density at radius 2 is 1.67 bits per heavy atom. The van der Waals surface area contributed by atoms with Gasteiger partial charge in [0.2, 0.25) is 12.3 Å². The van der Waals surface area contributed by atoms with Crippen molar-refractivity contribution in [3.63, 3.8) is 0 Å². The highest BCUT2D eigenvalue weighted by Gasteiger charge is 2.20. The minimum absolute atomic E-state index is 0.0649. The number of benzene rings is 3. The number of carbonyl (C=O) groups is 2. The zero-order chi connectivity index (χ0) is 20.9. The fraction of sp³-hybridized carbons (Fsp3) is 0.200. The smallest absolute Gasteiger partial charge is 0.224 e. The molecule has 0 saturated carbocycles. The molecule has 1 heterocycles. The SMILES string of the molecule is C[C@H](Cc1csc2ccccc12)C(=O)N[C@H](Cc1cccc2ccccc12)NC=O. The first-order valence-corrected chi connectivity index (χ1v) is 11.0. The number of hydrogen-bond donors (Lipinski definition) is 2. The first-order chi connectivity index (χ1) is 14.7. The van der Waals surface area contributed by atoms with Gasteiger partial charge in [-0.25, -0.2) is 0 Å². The standard InChI is InChI=1S/C25H24N2O2S/c1-17(13-20-15-30-23-12-5-4-11-22(20)23)25(29)27-24(26-16-28)14-19-9-6-8-18-7-2-3-10-21(18)19/h2-12,15-17,24H,13-14H2,1H3,(H,26,28)(H,27,29)/t17-,24-/m1/s1. The second kappa shape index (κ2) is 9.09. The van der Waals surface area contributed by atoms with E-state index in [9.17, 15) is 9.59 Å². The maximum Gasteiger partial charge on any atom is 0.224 e. The Bertz CT molecular complexity index is 1180. The summed E-state index contributed by atoms with van der Waals surface area (Å²) in [6.07, 6.45) is 1.38. The van der Waals surface area contributed by atoms with Crippen molar-refractivity contribution in [1.82, 2.24) is 10.6 Å². The van der Waals surface area contributed by atoms with Crippen molar-refractivity contribution in [3.05, 3.63) is 83.2 Å². The molecule has 4 nitrogen and oxygen atoms in total. The van der Waals surface area contributed by atoms with Crippen molar-refractivity contribution in [2.24, 2.45) is 5.92 Å². The van der Waals surface area contributed by atoms with E-state index in [4.69, 9.17) is 0 Å². The molecule has 152 valence electrons. The molecule has 0 fully saturated rings. The molecule has 0 unspecified atom stereocenters. The van der Waals surface area contributed by atoms with Gasteiger partial charge in [-0.05, 0) is 45.2 Å². The van der Waals surface area contributed by atoms with Crippen molar-refractivity contribution >= 4 is 44.5 Å². The van der Waals surface area contributed by atoms with Crippen LogP contribution in [0.25, 0.3) is 20.9 Å². The molecule has 2 amide bonds. The number of rotatable bonds is 8. The third kappa shape index (κ3) is 4.36. The molecule has 30 heavy (non-hydrogen) atoms. The molecule has 4 rings (SSSR count). The van der Waals surface area contributed by atoms with Crippen LogP contribution in [0, 0.1) is 5.92 Å². The van der Waals surface area contributed by atoms with Crippen LogP contribution in [0.2, 0.25) is 0 Å².